The van der Waals surface area contributed by atoms with Gasteiger partial charge in [-0.15, -0.1) is 0 Å². The van der Waals surface area contributed by atoms with Gasteiger partial charge in [-0.05, 0) is 74.0 Å². The molecule has 1 unspecified atom stereocenters. The molecule has 0 bridgehead atoms. The molecule has 5 nitrogen and oxygen atoms in total. The number of carbonyl (C=O) groups is 2. The molecule has 0 aliphatic carbocycles. The second-order valence-electron chi connectivity index (χ2n) is 9.28. The van der Waals surface area contributed by atoms with Gasteiger partial charge in [0.25, 0.3) is 5.91 Å². The molecule has 2 amide bonds. The monoisotopic (exact) mass is 451 g/mol. The Balaban J connectivity index is 1.13. The predicted molar refractivity (Wildman–Crippen MR) is 126 cm³/mol. The van der Waals surface area contributed by atoms with Gasteiger partial charge in [-0.25, -0.2) is 0 Å². The zero-order valence-electron chi connectivity index (χ0n) is 18.4. The summed E-state index contributed by atoms with van der Waals surface area (Å²) in [7, 11) is 0. The van der Waals surface area contributed by atoms with E-state index in [-0.39, 0.29) is 18.4 Å². The highest BCUT2D eigenvalue weighted by Crippen LogP contribution is 2.30. The van der Waals surface area contributed by atoms with Crippen molar-refractivity contribution in [1.82, 2.24) is 14.7 Å². The average molecular weight is 452 g/mol. The number of hydrogen-bond acceptors (Lipinski definition) is 3. The quantitative estimate of drug-likeness (QED) is 0.709. The number of hydrogen-bond donors (Lipinski definition) is 0. The first-order chi connectivity index (χ1) is 15.6. The summed E-state index contributed by atoms with van der Waals surface area (Å²) in [6.45, 7) is 4.50. The van der Waals surface area contributed by atoms with E-state index < -0.39 is 0 Å². The number of carbonyl (C=O) groups excluding carboxylic acids is 2. The number of halogens is 1. The molecule has 2 aromatic rings. The minimum absolute atomic E-state index is 0.0602. The number of likely N-dealkylation sites (tertiary alicyclic amines) is 2. The summed E-state index contributed by atoms with van der Waals surface area (Å²) in [5, 5.41) is 0.650. The lowest BCUT2D eigenvalue weighted by Crippen LogP contribution is -2.47. The van der Waals surface area contributed by atoms with E-state index in [1.165, 1.54) is 18.4 Å². The van der Waals surface area contributed by atoms with E-state index in [1.54, 1.807) is 17.0 Å². The van der Waals surface area contributed by atoms with Crippen LogP contribution in [-0.4, -0.2) is 71.8 Å². The van der Waals surface area contributed by atoms with Crippen molar-refractivity contribution in [2.45, 2.75) is 37.6 Å². The van der Waals surface area contributed by atoms with Crippen LogP contribution in [0.3, 0.4) is 0 Å². The van der Waals surface area contributed by atoms with Crippen LogP contribution in [0, 0.1) is 0 Å². The number of piperidine rings is 1. The Morgan fingerprint density at radius 2 is 1.75 bits per heavy atom. The molecule has 3 aliphatic rings. The third-order valence-corrected chi connectivity index (χ3v) is 7.63. The average Bonchev–Trinajstić information content (AvgIpc) is 3.32. The van der Waals surface area contributed by atoms with Crippen LogP contribution in [0.25, 0.3) is 0 Å². The third kappa shape index (κ3) is 4.41. The maximum atomic E-state index is 13.0. The molecule has 0 N–H and O–H groups in total. The number of fused-ring (bicyclic) bond motifs is 1. The SMILES string of the molecule is O=C(CN1CCc2cc(Cl)ccc2C1=O)N1CCC(N2CCC(c3ccccc3)CC2)C1. The van der Waals surface area contributed by atoms with Gasteiger partial charge in [0.15, 0.2) is 0 Å². The van der Waals surface area contributed by atoms with E-state index in [2.05, 4.69) is 35.2 Å². The molecule has 32 heavy (non-hydrogen) atoms. The van der Waals surface area contributed by atoms with Crippen LogP contribution in [-0.2, 0) is 11.2 Å². The second-order valence-corrected chi connectivity index (χ2v) is 9.72. The molecule has 0 saturated carbocycles. The zero-order chi connectivity index (χ0) is 22.1. The molecule has 2 fully saturated rings. The van der Waals surface area contributed by atoms with Crippen LogP contribution < -0.4 is 0 Å². The van der Waals surface area contributed by atoms with Crippen LogP contribution in [0.15, 0.2) is 48.5 Å². The summed E-state index contributed by atoms with van der Waals surface area (Å²) in [5.74, 6) is 0.655. The zero-order valence-corrected chi connectivity index (χ0v) is 19.1. The van der Waals surface area contributed by atoms with Gasteiger partial charge in [0.2, 0.25) is 5.91 Å². The third-order valence-electron chi connectivity index (χ3n) is 7.40. The van der Waals surface area contributed by atoms with Gasteiger partial charge < -0.3 is 9.80 Å². The van der Waals surface area contributed by atoms with Crippen molar-refractivity contribution in [3.63, 3.8) is 0 Å². The molecule has 0 spiro atoms. The van der Waals surface area contributed by atoms with E-state index in [9.17, 15) is 9.59 Å². The van der Waals surface area contributed by atoms with Crippen molar-refractivity contribution in [2.75, 3.05) is 39.3 Å². The van der Waals surface area contributed by atoms with Crippen molar-refractivity contribution < 1.29 is 9.59 Å². The number of benzene rings is 2. The van der Waals surface area contributed by atoms with E-state index >= 15 is 0 Å². The maximum absolute atomic E-state index is 13.0. The fourth-order valence-electron chi connectivity index (χ4n) is 5.51. The fraction of sp³-hybridized carbons (Fsp3) is 0.462. The molecular weight excluding hydrogens is 422 g/mol. The van der Waals surface area contributed by atoms with Gasteiger partial charge in [0, 0.05) is 36.3 Å². The molecule has 1 atom stereocenters. The molecule has 5 rings (SSSR count). The first kappa shape index (κ1) is 21.5. The maximum Gasteiger partial charge on any atom is 0.254 e. The Morgan fingerprint density at radius 3 is 2.53 bits per heavy atom. The Labute approximate surface area is 194 Å². The normalized spacial score (nSPS) is 22.3. The van der Waals surface area contributed by atoms with Gasteiger partial charge >= 0.3 is 0 Å². The molecule has 3 aliphatic heterocycles. The second kappa shape index (κ2) is 9.24. The van der Waals surface area contributed by atoms with Crippen LogP contribution in [0.5, 0.6) is 0 Å². The highest BCUT2D eigenvalue weighted by atomic mass is 35.5. The first-order valence-electron chi connectivity index (χ1n) is 11.7. The van der Waals surface area contributed by atoms with Crippen molar-refractivity contribution in [3.05, 3.63) is 70.2 Å². The van der Waals surface area contributed by atoms with Crippen LogP contribution in [0.1, 0.15) is 46.7 Å². The van der Waals surface area contributed by atoms with E-state index in [1.807, 2.05) is 11.0 Å². The fourth-order valence-corrected chi connectivity index (χ4v) is 5.70. The molecule has 2 aromatic carbocycles. The van der Waals surface area contributed by atoms with Crippen LogP contribution >= 0.6 is 11.6 Å². The Hall–Kier alpha value is -2.37. The summed E-state index contributed by atoms with van der Waals surface area (Å²) >= 11 is 6.06. The van der Waals surface area contributed by atoms with Gasteiger partial charge in [-0.3, -0.25) is 14.5 Å². The van der Waals surface area contributed by atoms with Gasteiger partial charge in [0.05, 0.1) is 0 Å². The molecule has 0 aromatic heterocycles. The van der Waals surface area contributed by atoms with Crippen LogP contribution in [0.4, 0.5) is 0 Å². The summed E-state index contributed by atoms with van der Waals surface area (Å²) in [6.07, 6.45) is 4.13. The summed E-state index contributed by atoms with van der Waals surface area (Å²) in [6, 6.07) is 16.6. The van der Waals surface area contributed by atoms with Crippen LogP contribution in [0.2, 0.25) is 5.02 Å². The Morgan fingerprint density at radius 1 is 0.969 bits per heavy atom. The highest BCUT2D eigenvalue weighted by molar-refractivity contribution is 6.30. The smallest absolute Gasteiger partial charge is 0.254 e. The lowest BCUT2D eigenvalue weighted by molar-refractivity contribution is -0.131. The van der Waals surface area contributed by atoms with E-state index in [0.717, 1.165) is 44.6 Å². The molecule has 168 valence electrons. The van der Waals surface area contributed by atoms with Crippen molar-refractivity contribution in [2.24, 2.45) is 0 Å². The minimum Gasteiger partial charge on any atom is -0.340 e. The van der Waals surface area contributed by atoms with Gasteiger partial charge in [0.1, 0.15) is 6.54 Å². The largest absolute Gasteiger partial charge is 0.340 e. The Bertz CT molecular complexity index is 988. The predicted octanol–water partition coefficient (Wildman–Crippen LogP) is 3.82. The molecule has 2 saturated heterocycles. The highest BCUT2D eigenvalue weighted by Gasteiger charge is 2.34. The minimum atomic E-state index is -0.0602. The number of nitrogens with zero attached hydrogens (tertiary/aromatic N) is 3. The molecule has 3 heterocycles. The molecule has 6 heteroatoms. The topological polar surface area (TPSA) is 43.9 Å². The molecular formula is C26H30ClN3O2. The van der Waals surface area contributed by atoms with Crippen molar-refractivity contribution >= 4 is 23.4 Å². The number of rotatable bonds is 4. The van der Waals surface area contributed by atoms with Gasteiger partial charge in [-0.1, -0.05) is 41.9 Å². The first-order valence-corrected chi connectivity index (χ1v) is 12.1. The summed E-state index contributed by atoms with van der Waals surface area (Å²) < 4.78 is 0. The lowest BCUT2D eigenvalue weighted by atomic mass is 9.89. The van der Waals surface area contributed by atoms with Crippen molar-refractivity contribution in [3.8, 4) is 0 Å². The molecule has 0 radical (unpaired) electrons. The lowest BCUT2D eigenvalue weighted by Gasteiger charge is -2.36. The Kier molecular flexibility index (Phi) is 6.20. The van der Waals surface area contributed by atoms with Gasteiger partial charge in [-0.2, -0.15) is 0 Å². The standard InChI is InChI=1S/C26H30ClN3O2/c27-22-6-7-24-21(16-22)10-14-30(26(24)32)18-25(31)29-15-11-23(17-29)28-12-8-20(9-13-28)19-4-2-1-3-5-19/h1-7,16,20,23H,8-15,17-18H2. The summed E-state index contributed by atoms with van der Waals surface area (Å²) in [4.78, 5) is 32.0. The van der Waals surface area contributed by atoms with E-state index in [4.69, 9.17) is 11.6 Å². The summed E-state index contributed by atoms with van der Waals surface area (Å²) in [5.41, 5.74) is 3.10. The van der Waals surface area contributed by atoms with Crippen molar-refractivity contribution in [1.29, 1.82) is 0 Å². The number of amides is 2. The van der Waals surface area contributed by atoms with E-state index in [0.29, 0.717) is 29.1 Å².